The van der Waals surface area contributed by atoms with E-state index in [1.165, 1.54) is 7.11 Å². The van der Waals surface area contributed by atoms with E-state index in [0.717, 1.165) is 0 Å². The van der Waals surface area contributed by atoms with Crippen molar-refractivity contribution < 1.29 is 28.5 Å². The Morgan fingerprint density at radius 2 is 1.70 bits per heavy atom. The van der Waals surface area contributed by atoms with Crippen LogP contribution < -0.4 is 18.9 Å². The van der Waals surface area contributed by atoms with Crippen molar-refractivity contribution in [2.45, 2.75) is 24.9 Å². The number of carbonyl (C=O) groups is 2. The molecule has 1 fully saturated rings. The first-order valence-corrected chi connectivity index (χ1v) is 9.91. The fourth-order valence-electron chi connectivity index (χ4n) is 4.24. The highest BCUT2D eigenvalue weighted by Crippen LogP contribution is 2.44. The van der Waals surface area contributed by atoms with Gasteiger partial charge in [0, 0.05) is 38.1 Å². The third kappa shape index (κ3) is 3.44. The SMILES string of the molecule is COc1cc(OC)c2c(c1)OC1(CCN(C(=O)c3ccccc3OC)CC1)CC2=O. The van der Waals surface area contributed by atoms with Crippen LogP contribution in [0.1, 0.15) is 40.0 Å². The largest absolute Gasteiger partial charge is 0.496 e. The van der Waals surface area contributed by atoms with E-state index in [2.05, 4.69) is 0 Å². The number of benzene rings is 2. The van der Waals surface area contributed by atoms with Crippen molar-refractivity contribution in [3.8, 4) is 23.0 Å². The highest BCUT2D eigenvalue weighted by molar-refractivity contribution is 6.03. The lowest BCUT2D eigenvalue weighted by molar-refractivity contribution is -0.00615. The first-order valence-electron chi connectivity index (χ1n) is 9.91. The van der Waals surface area contributed by atoms with Gasteiger partial charge in [0.05, 0.1) is 33.3 Å². The zero-order valence-electron chi connectivity index (χ0n) is 17.4. The lowest BCUT2D eigenvalue weighted by atomic mass is 9.82. The van der Waals surface area contributed by atoms with Gasteiger partial charge in [-0.25, -0.2) is 0 Å². The summed E-state index contributed by atoms with van der Waals surface area (Å²) < 4.78 is 22.4. The van der Waals surface area contributed by atoms with Crippen LogP contribution in [0.25, 0.3) is 0 Å². The molecule has 0 N–H and O–H groups in total. The van der Waals surface area contributed by atoms with Gasteiger partial charge < -0.3 is 23.8 Å². The summed E-state index contributed by atoms with van der Waals surface area (Å²) in [6.07, 6.45) is 1.40. The molecule has 2 aromatic rings. The minimum Gasteiger partial charge on any atom is -0.496 e. The molecule has 0 bridgehead atoms. The van der Waals surface area contributed by atoms with Crippen LogP contribution in [-0.4, -0.2) is 56.6 Å². The molecule has 0 radical (unpaired) electrons. The molecule has 0 aromatic heterocycles. The number of para-hydroxylation sites is 1. The standard InChI is InChI=1S/C23H25NO6/c1-27-15-12-19(29-3)21-17(25)14-23(30-20(21)13-15)8-10-24(11-9-23)22(26)16-6-4-5-7-18(16)28-2/h4-7,12-13H,8-11,14H2,1-3H3. The van der Waals surface area contributed by atoms with Gasteiger partial charge in [-0.3, -0.25) is 9.59 Å². The third-order valence-electron chi connectivity index (χ3n) is 5.88. The molecule has 7 nitrogen and oxygen atoms in total. The van der Waals surface area contributed by atoms with E-state index < -0.39 is 5.60 Å². The maximum atomic E-state index is 13.0. The topological polar surface area (TPSA) is 74.3 Å². The van der Waals surface area contributed by atoms with Gasteiger partial charge in [0.1, 0.15) is 34.2 Å². The molecular weight excluding hydrogens is 386 g/mol. The molecule has 158 valence electrons. The normalized spacial score (nSPS) is 17.2. The summed E-state index contributed by atoms with van der Waals surface area (Å²) >= 11 is 0. The zero-order chi connectivity index (χ0) is 21.3. The van der Waals surface area contributed by atoms with Crippen molar-refractivity contribution in [2.24, 2.45) is 0 Å². The van der Waals surface area contributed by atoms with Crippen LogP contribution in [-0.2, 0) is 0 Å². The predicted molar refractivity (Wildman–Crippen MR) is 110 cm³/mol. The lowest BCUT2D eigenvalue weighted by Gasteiger charge is -2.44. The van der Waals surface area contributed by atoms with Crippen molar-refractivity contribution in [3.05, 3.63) is 47.5 Å². The van der Waals surface area contributed by atoms with Gasteiger partial charge in [0.2, 0.25) is 0 Å². The molecule has 0 aliphatic carbocycles. The summed E-state index contributed by atoms with van der Waals surface area (Å²) in [6.45, 7) is 1.00. The lowest BCUT2D eigenvalue weighted by Crippen LogP contribution is -2.52. The number of nitrogens with zero attached hydrogens (tertiary/aromatic N) is 1. The number of ketones is 1. The molecule has 0 unspecified atom stereocenters. The number of Topliss-reactive ketones (excluding diaryl/α,β-unsaturated/α-hetero) is 1. The summed E-state index contributed by atoms with van der Waals surface area (Å²) in [5, 5.41) is 0. The van der Waals surface area contributed by atoms with Crippen LogP contribution in [0.15, 0.2) is 36.4 Å². The summed E-state index contributed by atoms with van der Waals surface area (Å²) in [7, 11) is 4.64. The second-order valence-corrected chi connectivity index (χ2v) is 7.58. The number of hydrogen-bond acceptors (Lipinski definition) is 6. The molecule has 2 aromatic carbocycles. The maximum absolute atomic E-state index is 13.0. The highest BCUT2D eigenvalue weighted by atomic mass is 16.5. The third-order valence-corrected chi connectivity index (χ3v) is 5.88. The summed E-state index contributed by atoms with van der Waals surface area (Å²) in [5.41, 5.74) is 0.367. The minimum atomic E-state index is -0.626. The molecule has 1 amide bonds. The second-order valence-electron chi connectivity index (χ2n) is 7.58. The average Bonchev–Trinajstić information content (AvgIpc) is 2.78. The van der Waals surface area contributed by atoms with Gasteiger partial charge in [-0.05, 0) is 12.1 Å². The molecule has 2 aliphatic heterocycles. The van der Waals surface area contributed by atoms with Gasteiger partial charge in [0.25, 0.3) is 5.91 Å². The van der Waals surface area contributed by atoms with Crippen molar-refractivity contribution >= 4 is 11.7 Å². The fourth-order valence-corrected chi connectivity index (χ4v) is 4.24. The molecule has 0 atom stereocenters. The molecule has 4 rings (SSSR count). The quantitative estimate of drug-likeness (QED) is 0.768. The second kappa shape index (κ2) is 7.89. The Morgan fingerprint density at radius 3 is 2.37 bits per heavy atom. The number of amides is 1. The van der Waals surface area contributed by atoms with E-state index in [0.29, 0.717) is 60.1 Å². The first kappa shape index (κ1) is 20.1. The molecule has 2 heterocycles. The Labute approximate surface area is 175 Å². The summed E-state index contributed by atoms with van der Waals surface area (Å²) in [4.78, 5) is 27.7. The monoisotopic (exact) mass is 411 g/mol. The minimum absolute atomic E-state index is 0.0136. The average molecular weight is 411 g/mol. The number of hydrogen-bond donors (Lipinski definition) is 0. The molecule has 30 heavy (non-hydrogen) atoms. The van der Waals surface area contributed by atoms with Crippen LogP contribution in [0.4, 0.5) is 0 Å². The van der Waals surface area contributed by atoms with Crippen LogP contribution in [0.3, 0.4) is 0 Å². The molecule has 1 saturated heterocycles. The number of fused-ring (bicyclic) bond motifs is 1. The Morgan fingerprint density at radius 1 is 1.00 bits per heavy atom. The maximum Gasteiger partial charge on any atom is 0.257 e. The van der Waals surface area contributed by atoms with Gasteiger partial charge >= 0.3 is 0 Å². The van der Waals surface area contributed by atoms with E-state index in [4.69, 9.17) is 18.9 Å². The molecule has 1 spiro atoms. The van der Waals surface area contributed by atoms with Gasteiger partial charge in [-0.15, -0.1) is 0 Å². The highest BCUT2D eigenvalue weighted by Gasteiger charge is 2.45. The van der Waals surface area contributed by atoms with Crippen molar-refractivity contribution in [3.63, 3.8) is 0 Å². The number of carbonyl (C=O) groups excluding carboxylic acids is 2. The van der Waals surface area contributed by atoms with E-state index in [9.17, 15) is 9.59 Å². The number of ether oxygens (including phenoxy) is 4. The van der Waals surface area contributed by atoms with Gasteiger partial charge in [-0.1, -0.05) is 12.1 Å². The fraction of sp³-hybridized carbons (Fsp3) is 0.391. The Kier molecular flexibility index (Phi) is 5.28. The Balaban J connectivity index is 1.54. The number of likely N-dealkylation sites (tertiary alicyclic amines) is 1. The molecular formula is C23H25NO6. The van der Waals surface area contributed by atoms with Crippen molar-refractivity contribution in [2.75, 3.05) is 34.4 Å². The van der Waals surface area contributed by atoms with Gasteiger partial charge in [0.15, 0.2) is 5.78 Å². The van der Waals surface area contributed by atoms with E-state index in [1.54, 1.807) is 43.4 Å². The van der Waals surface area contributed by atoms with E-state index in [1.807, 2.05) is 12.1 Å². The Hall–Kier alpha value is -3.22. The summed E-state index contributed by atoms with van der Waals surface area (Å²) in [6, 6.07) is 10.6. The summed E-state index contributed by atoms with van der Waals surface area (Å²) in [5.74, 6) is 1.97. The smallest absolute Gasteiger partial charge is 0.257 e. The zero-order valence-corrected chi connectivity index (χ0v) is 17.4. The van der Waals surface area contributed by atoms with E-state index >= 15 is 0 Å². The predicted octanol–water partition coefficient (Wildman–Crippen LogP) is 3.35. The van der Waals surface area contributed by atoms with Crippen molar-refractivity contribution in [1.82, 2.24) is 4.90 Å². The number of rotatable bonds is 4. The molecule has 2 aliphatic rings. The molecule has 7 heteroatoms. The van der Waals surface area contributed by atoms with E-state index in [-0.39, 0.29) is 18.1 Å². The van der Waals surface area contributed by atoms with Gasteiger partial charge in [-0.2, -0.15) is 0 Å². The number of methoxy groups -OCH3 is 3. The van der Waals surface area contributed by atoms with Crippen LogP contribution in [0.2, 0.25) is 0 Å². The Bertz CT molecular complexity index is 978. The van der Waals surface area contributed by atoms with Crippen molar-refractivity contribution in [1.29, 1.82) is 0 Å². The molecule has 0 saturated carbocycles. The van der Waals surface area contributed by atoms with Crippen LogP contribution in [0, 0.1) is 0 Å². The van der Waals surface area contributed by atoms with Crippen LogP contribution in [0.5, 0.6) is 23.0 Å². The van der Waals surface area contributed by atoms with Crippen LogP contribution >= 0.6 is 0 Å². The first-order chi connectivity index (χ1) is 14.5. The number of piperidine rings is 1.